The van der Waals surface area contributed by atoms with Gasteiger partial charge in [0.25, 0.3) is 0 Å². The fraction of sp³-hybridized carbons (Fsp3) is 0.0588. The van der Waals surface area contributed by atoms with Crippen molar-refractivity contribution in [2.24, 2.45) is 0 Å². The van der Waals surface area contributed by atoms with Crippen LogP contribution in [0.4, 0.5) is 5.69 Å². The molecule has 114 valence electrons. The van der Waals surface area contributed by atoms with Gasteiger partial charge >= 0.3 is 0 Å². The Bertz CT molecular complexity index is 822. The lowest BCUT2D eigenvalue weighted by Gasteiger charge is -2.02. The molecule has 1 N–H and O–H groups in total. The predicted molar refractivity (Wildman–Crippen MR) is 88.3 cm³/mol. The van der Waals surface area contributed by atoms with Crippen LogP contribution >= 0.6 is 0 Å². The maximum absolute atomic E-state index is 11.2. The Morgan fingerprint density at radius 1 is 1.09 bits per heavy atom. The molecule has 2 aromatic carbocycles. The molecule has 0 atom stereocenters. The number of hydrogen-bond donors (Lipinski definition) is 1. The summed E-state index contributed by atoms with van der Waals surface area (Å²) in [7, 11) is 0. The second-order valence-corrected chi connectivity index (χ2v) is 4.90. The van der Waals surface area contributed by atoms with Gasteiger partial charge in [0.2, 0.25) is 0 Å². The Kier molecular flexibility index (Phi) is 4.24. The molecule has 3 aromatic rings. The smallest absolute Gasteiger partial charge is 0.181 e. The van der Waals surface area contributed by atoms with E-state index in [1.54, 1.807) is 36.0 Å². The zero-order valence-corrected chi connectivity index (χ0v) is 12.5. The minimum atomic E-state index is 0.0501. The van der Waals surface area contributed by atoms with Crippen molar-refractivity contribution >= 4 is 17.5 Å². The van der Waals surface area contributed by atoms with E-state index < -0.39 is 0 Å². The Balaban J connectivity index is 1.72. The van der Waals surface area contributed by atoms with Crippen LogP contribution in [-0.4, -0.2) is 26.0 Å². The number of rotatable bonds is 5. The quantitative estimate of drug-likeness (QED) is 0.734. The van der Waals surface area contributed by atoms with Crippen molar-refractivity contribution in [2.75, 3.05) is 5.32 Å². The van der Waals surface area contributed by atoms with Gasteiger partial charge in [-0.15, -0.1) is 5.10 Å². The van der Waals surface area contributed by atoms with Crippen LogP contribution in [0.15, 0.2) is 60.8 Å². The minimum Gasteiger partial charge on any atom is -0.362 e. The van der Waals surface area contributed by atoms with Crippen molar-refractivity contribution < 1.29 is 4.79 Å². The van der Waals surface area contributed by atoms with Crippen molar-refractivity contribution in [3.8, 4) is 5.69 Å². The molecule has 0 saturated heterocycles. The van der Waals surface area contributed by atoms with Gasteiger partial charge in [-0.25, -0.2) is 0 Å². The van der Waals surface area contributed by atoms with E-state index in [1.165, 1.54) is 0 Å². The highest BCUT2D eigenvalue weighted by atomic mass is 16.1. The summed E-state index contributed by atoms with van der Waals surface area (Å²) in [6.45, 7) is 1.55. The van der Waals surface area contributed by atoms with E-state index in [4.69, 9.17) is 0 Å². The third-order valence-electron chi connectivity index (χ3n) is 3.27. The van der Waals surface area contributed by atoms with Crippen molar-refractivity contribution in [1.82, 2.24) is 20.2 Å². The number of carbonyl (C=O) groups is 1. The molecule has 0 bridgehead atoms. The molecule has 3 rings (SSSR count). The Morgan fingerprint density at radius 2 is 1.83 bits per heavy atom. The first-order chi connectivity index (χ1) is 11.2. The number of anilines is 1. The van der Waals surface area contributed by atoms with E-state index in [0.717, 1.165) is 11.4 Å². The van der Waals surface area contributed by atoms with Crippen LogP contribution in [0.5, 0.6) is 0 Å². The Morgan fingerprint density at radius 3 is 2.52 bits per heavy atom. The van der Waals surface area contributed by atoms with Gasteiger partial charge in [-0.2, -0.15) is 4.68 Å². The van der Waals surface area contributed by atoms with Crippen LogP contribution < -0.4 is 5.32 Å². The zero-order chi connectivity index (χ0) is 16.1. The molecule has 6 heteroatoms. The highest BCUT2D eigenvalue weighted by Crippen LogP contribution is 2.11. The largest absolute Gasteiger partial charge is 0.362 e. The zero-order valence-electron chi connectivity index (χ0n) is 12.5. The molecule has 0 unspecified atom stereocenters. The van der Waals surface area contributed by atoms with Crippen LogP contribution in [0.3, 0.4) is 0 Å². The number of ketones is 1. The van der Waals surface area contributed by atoms with Crippen LogP contribution in [0.25, 0.3) is 11.8 Å². The van der Waals surface area contributed by atoms with Crippen LogP contribution in [0.1, 0.15) is 23.1 Å². The van der Waals surface area contributed by atoms with Crippen LogP contribution in [-0.2, 0) is 0 Å². The summed E-state index contributed by atoms with van der Waals surface area (Å²) < 4.78 is 1.65. The van der Waals surface area contributed by atoms with Crippen molar-refractivity contribution in [2.45, 2.75) is 6.92 Å². The average molecular weight is 305 g/mol. The van der Waals surface area contributed by atoms with E-state index in [2.05, 4.69) is 20.8 Å². The van der Waals surface area contributed by atoms with E-state index in [-0.39, 0.29) is 5.78 Å². The molecule has 23 heavy (non-hydrogen) atoms. The first kappa shape index (κ1) is 14.6. The average Bonchev–Trinajstić information content (AvgIpc) is 3.05. The van der Waals surface area contributed by atoms with E-state index in [0.29, 0.717) is 11.4 Å². The molecule has 0 saturated carbocycles. The van der Waals surface area contributed by atoms with Crippen molar-refractivity contribution in [3.63, 3.8) is 0 Å². The number of aromatic nitrogens is 4. The third-order valence-corrected chi connectivity index (χ3v) is 3.27. The van der Waals surface area contributed by atoms with Gasteiger partial charge in [0.15, 0.2) is 11.6 Å². The number of carbonyl (C=O) groups excluding carboxylic acids is 1. The minimum absolute atomic E-state index is 0.0501. The van der Waals surface area contributed by atoms with Gasteiger partial charge in [0.05, 0.1) is 5.69 Å². The summed E-state index contributed by atoms with van der Waals surface area (Å²) in [6.07, 6.45) is 3.54. The van der Waals surface area contributed by atoms with E-state index in [1.807, 2.05) is 42.5 Å². The standard InChI is InChI=1S/C17H15N5O/c1-13(23)14-7-9-15(10-8-14)18-12-11-17-19-20-21-22(17)16-5-3-2-4-6-16/h2-12,18H,1H3/b12-11-. The maximum Gasteiger partial charge on any atom is 0.181 e. The predicted octanol–water partition coefficient (Wildman–Crippen LogP) is 2.95. The number of benzene rings is 2. The Hall–Kier alpha value is -3.28. The summed E-state index contributed by atoms with van der Waals surface area (Å²) in [5, 5.41) is 14.8. The second kappa shape index (κ2) is 6.65. The normalized spacial score (nSPS) is 10.8. The molecule has 0 spiro atoms. The first-order valence-electron chi connectivity index (χ1n) is 7.12. The molecule has 0 aliphatic heterocycles. The number of hydrogen-bond acceptors (Lipinski definition) is 5. The Labute approximate surface area is 133 Å². The lowest BCUT2D eigenvalue weighted by Crippen LogP contribution is -1.99. The van der Waals surface area contributed by atoms with Gasteiger partial charge in [0, 0.05) is 23.5 Å². The van der Waals surface area contributed by atoms with Crippen molar-refractivity contribution in [3.05, 3.63) is 72.2 Å². The number of nitrogens with zero attached hydrogens (tertiary/aromatic N) is 4. The number of Topliss-reactive ketones (excluding diaryl/α,β-unsaturated/α-hetero) is 1. The number of tetrazole rings is 1. The molecular weight excluding hydrogens is 290 g/mol. The summed E-state index contributed by atoms with van der Waals surface area (Å²) in [6, 6.07) is 16.9. The maximum atomic E-state index is 11.2. The molecule has 0 radical (unpaired) electrons. The van der Waals surface area contributed by atoms with Gasteiger partial charge in [-0.05, 0) is 53.7 Å². The van der Waals surface area contributed by atoms with E-state index >= 15 is 0 Å². The highest BCUT2D eigenvalue weighted by molar-refractivity contribution is 5.94. The number of para-hydroxylation sites is 1. The summed E-state index contributed by atoms with van der Waals surface area (Å²) in [4.78, 5) is 11.2. The first-order valence-corrected chi connectivity index (χ1v) is 7.12. The summed E-state index contributed by atoms with van der Waals surface area (Å²) in [5.74, 6) is 0.665. The van der Waals surface area contributed by atoms with Crippen molar-refractivity contribution in [1.29, 1.82) is 0 Å². The van der Waals surface area contributed by atoms with Gasteiger partial charge < -0.3 is 5.32 Å². The third kappa shape index (κ3) is 3.49. The molecule has 6 nitrogen and oxygen atoms in total. The monoisotopic (exact) mass is 305 g/mol. The highest BCUT2D eigenvalue weighted by Gasteiger charge is 2.04. The van der Waals surface area contributed by atoms with Gasteiger partial charge in [-0.3, -0.25) is 4.79 Å². The topological polar surface area (TPSA) is 72.7 Å². The van der Waals surface area contributed by atoms with Gasteiger partial charge in [0.1, 0.15) is 0 Å². The lowest BCUT2D eigenvalue weighted by molar-refractivity contribution is 0.101. The van der Waals surface area contributed by atoms with Crippen LogP contribution in [0.2, 0.25) is 0 Å². The lowest BCUT2D eigenvalue weighted by atomic mass is 10.1. The molecule has 0 amide bonds. The van der Waals surface area contributed by atoms with E-state index in [9.17, 15) is 4.79 Å². The fourth-order valence-corrected chi connectivity index (χ4v) is 2.06. The SMILES string of the molecule is CC(=O)c1ccc(N/C=C\c2nnnn2-c2ccccc2)cc1. The summed E-state index contributed by atoms with van der Waals surface area (Å²) in [5.41, 5.74) is 2.46. The summed E-state index contributed by atoms with van der Waals surface area (Å²) >= 11 is 0. The van der Waals surface area contributed by atoms with Gasteiger partial charge in [-0.1, -0.05) is 18.2 Å². The molecule has 1 heterocycles. The number of nitrogens with one attached hydrogen (secondary N) is 1. The molecule has 1 aromatic heterocycles. The molecule has 0 aliphatic rings. The second-order valence-electron chi connectivity index (χ2n) is 4.90. The fourth-order valence-electron chi connectivity index (χ4n) is 2.06. The van der Waals surface area contributed by atoms with Crippen LogP contribution in [0, 0.1) is 0 Å². The molecular formula is C17H15N5O. The molecule has 0 fully saturated rings. The molecule has 0 aliphatic carbocycles.